The number of nitrogens with one attached hydrogen (secondary N) is 3. The second-order valence-corrected chi connectivity index (χ2v) is 9.07. The van der Waals surface area contributed by atoms with Crippen molar-refractivity contribution in [2.45, 2.75) is 31.7 Å². The third kappa shape index (κ3) is 5.28. The molecule has 0 saturated heterocycles. The number of carbonyl (C=O) groups is 2. The second-order valence-electron chi connectivity index (χ2n) is 9.07. The zero-order chi connectivity index (χ0) is 24.2. The molecule has 2 amide bonds. The Hall–Kier alpha value is -3.90. The van der Waals surface area contributed by atoms with Crippen LogP contribution in [0.5, 0.6) is 0 Å². The van der Waals surface area contributed by atoms with Crippen molar-refractivity contribution in [2.75, 3.05) is 13.2 Å². The van der Waals surface area contributed by atoms with Crippen molar-refractivity contribution in [3.63, 3.8) is 0 Å². The number of aliphatic hydroxyl groups excluding tert-OH is 1. The fraction of sp³-hybridized carbons (Fsp3) is 0.241. The molecular formula is C29H29N3O3. The zero-order valence-corrected chi connectivity index (χ0v) is 19.5. The highest BCUT2D eigenvalue weighted by Gasteiger charge is 2.25. The molecule has 1 fully saturated rings. The molecule has 1 saturated carbocycles. The molecule has 0 bridgehead atoms. The number of hydrogen-bond acceptors (Lipinski definition) is 3. The molecule has 1 heterocycles. The van der Waals surface area contributed by atoms with Gasteiger partial charge in [-0.1, -0.05) is 48.5 Å². The molecule has 3 aromatic carbocycles. The molecule has 178 valence electrons. The van der Waals surface area contributed by atoms with Crippen molar-refractivity contribution in [3.8, 4) is 11.1 Å². The predicted octanol–water partition coefficient (Wildman–Crippen LogP) is 4.75. The molecule has 1 aromatic heterocycles. The fourth-order valence-corrected chi connectivity index (χ4v) is 4.33. The van der Waals surface area contributed by atoms with Gasteiger partial charge in [-0.05, 0) is 71.7 Å². The van der Waals surface area contributed by atoms with Crippen LogP contribution < -0.4 is 10.6 Å². The van der Waals surface area contributed by atoms with Crippen LogP contribution in [0, 0.1) is 0 Å². The van der Waals surface area contributed by atoms with Gasteiger partial charge in [0.1, 0.15) is 5.69 Å². The van der Waals surface area contributed by atoms with Crippen LogP contribution in [0.25, 0.3) is 22.0 Å². The van der Waals surface area contributed by atoms with Gasteiger partial charge in [-0.2, -0.15) is 0 Å². The number of amides is 2. The summed E-state index contributed by atoms with van der Waals surface area (Å²) >= 11 is 0. The third-order valence-corrected chi connectivity index (χ3v) is 6.43. The summed E-state index contributed by atoms with van der Waals surface area (Å²) in [5.41, 5.74) is 6.42. The van der Waals surface area contributed by atoms with Crippen molar-refractivity contribution in [1.82, 2.24) is 15.6 Å². The van der Waals surface area contributed by atoms with Crippen molar-refractivity contribution in [1.29, 1.82) is 0 Å². The van der Waals surface area contributed by atoms with Gasteiger partial charge in [-0.3, -0.25) is 9.59 Å². The minimum atomic E-state index is -0.181. The van der Waals surface area contributed by atoms with Gasteiger partial charge in [0.05, 0.1) is 0 Å². The van der Waals surface area contributed by atoms with E-state index in [-0.39, 0.29) is 18.4 Å². The van der Waals surface area contributed by atoms with E-state index in [4.69, 9.17) is 5.11 Å². The van der Waals surface area contributed by atoms with Gasteiger partial charge in [0.2, 0.25) is 0 Å². The first-order valence-electron chi connectivity index (χ1n) is 12.1. The largest absolute Gasteiger partial charge is 0.396 e. The minimum Gasteiger partial charge on any atom is -0.396 e. The van der Waals surface area contributed by atoms with Crippen LogP contribution in [-0.4, -0.2) is 35.1 Å². The normalized spacial score (nSPS) is 13.1. The number of H-pyrrole nitrogens is 1. The number of rotatable bonds is 9. The highest BCUT2D eigenvalue weighted by atomic mass is 16.3. The lowest BCUT2D eigenvalue weighted by atomic mass is 9.96. The Balaban J connectivity index is 1.39. The van der Waals surface area contributed by atoms with Gasteiger partial charge in [0.15, 0.2) is 0 Å². The average Bonchev–Trinajstić information content (AvgIpc) is 3.66. The lowest BCUT2D eigenvalue weighted by Gasteiger charge is -2.09. The molecule has 4 aromatic rings. The molecule has 0 atom stereocenters. The summed E-state index contributed by atoms with van der Waals surface area (Å²) in [6.45, 7) is 0.957. The zero-order valence-electron chi connectivity index (χ0n) is 19.5. The standard InChI is InChI=1S/C29H29N3O3/c33-14-4-13-30-29(35)27-17-25-24(15-23(20-7-8-20)16-26(25)32-27)21-9-11-22(12-10-21)28(34)31-18-19-5-2-1-3-6-19/h1-3,5-6,9-12,15-17,20,32-33H,4,7-8,13-14,18H2,(H,30,35)(H,31,34). The summed E-state index contributed by atoms with van der Waals surface area (Å²) in [6, 6.07) is 23.7. The fourth-order valence-electron chi connectivity index (χ4n) is 4.33. The van der Waals surface area contributed by atoms with Crippen LogP contribution in [0.15, 0.2) is 72.8 Å². The molecule has 6 heteroatoms. The molecule has 6 nitrogen and oxygen atoms in total. The number of aromatic amines is 1. The number of aromatic nitrogens is 1. The number of carbonyl (C=O) groups excluding carboxylic acids is 2. The Morgan fingerprint density at radius 3 is 2.40 bits per heavy atom. The summed E-state index contributed by atoms with van der Waals surface area (Å²) in [6.07, 6.45) is 2.88. The van der Waals surface area contributed by atoms with Gasteiger partial charge in [0, 0.05) is 36.2 Å². The van der Waals surface area contributed by atoms with E-state index < -0.39 is 0 Å². The minimum absolute atomic E-state index is 0.0438. The predicted molar refractivity (Wildman–Crippen MR) is 137 cm³/mol. The lowest BCUT2D eigenvalue weighted by molar-refractivity contribution is 0.0940. The Labute approximate surface area is 204 Å². The maximum Gasteiger partial charge on any atom is 0.267 e. The van der Waals surface area contributed by atoms with Crippen molar-refractivity contribution in [3.05, 3.63) is 95.2 Å². The van der Waals surface area contributed by atoms with E-state index >= 15 is 0 Å². The van der Waals surface area contributed by atoms with Crippen LogP contribution in [0.2, 0.25) is 0 Å². The molecule has 5 rings (SSSR count). The van der Waals surface area contributed by atoms with Gasteiger partial charge < -0.3 is 20.7 Å². The summed E-state index contributed by atoms with van der Waals surface area (Å²) in [5, 5.41) is 15.7. The lowest BCUT2D eigenvalue weighted by Crippen LogP contribution is -2.25. The second kappa shape index (κ2) is 10.2. The van der Waals surface area contributed by atoms with Gasteiger partial charge in [-0.15, -0.1) is 0 Å². The van der Waals surface area contributed by atoms with E-state index in [0.717, 1.165) is 27.6 Å². The van der Waals surface area contributed by atoms with Crippen molar-refractivity contribution >= 4 is 22.7 Å². The molecule has 0 spiro atoms. The van der Waals surface area contributed by atoms with E-state index in [9.17, 15) is 9.59 Å². The molecule has 4 N–H and O–H groups in total. The Kier molecular flexibility index (Phi) is 6.64. The summed E-state index contributed by atoms with van der Waals surface area (Å²) in [5.74, 6) is 0.270. The third-order valence-electron chi connectivity index (χ3n) is 6.43. The Morgan fingerprint density at radius 1 is 0.914 bits per heavy atom. The SMILES string of the molecule is O=C(NCc1ccccc1)c1ccc(-c2cc(C3CC3)cc3[nH]c(C(=O)NCCCO)cc23)cc1. The van der Waals surface area contributed by atoms with Crippen LogP contribution in [0.3, 0.4) is 0 Å². The Bertz CT molecular complexity index is 1340. The highest BCUT2D eigenvalue weighted by molar-refractivity contribution is 6.03. The van der Waals surface area contributed by atoms with E-state index in [1.807, 2.05) is 60.7 Å². The highest BCUT2D eigenvalue weighted by Crippen LogP contribution is 2.43. The quantitative estimate of drug-likeness (QED) is 0.268. The summed E-state index contributed by atoms with van der Waals surface area (Å²) in [7, 11) is 0. The van der Waals surface area contributed by atoms with E-state index in [1.54, 1.807) is 0 Å². The first-order chi connectivity index (χ1) is 17.1. The number of hydrogen-bond donors (Lipinski definition) is 4. The van der Waals surface area contributed by atoms with Crippen molar-refractivity contribution < 1.29 is 14.7 Å². The van der Waals surface area contributed by atoms with Crippen molar-refractivity contribution in [2.24, 2.45) is 0 Å². The molecule has 0 aliphatic heterocycles. The van der Waals surface area contributed by atoms with Crippen LogP contribution in [0.1, 0.15) is 57.2 Å². The first kappa shape index (κ1) is 22.9. The van der Waals surface area contributed by atoms with E-state index in [2.05, 4.69) is 27.8 Å². The summed E-state index contributed by atoms with van der Waals surface area (Å²) < 4.78 is 0. The van der Waals surface area contributed by atoms with Crippen LogP contribution >= 0.6 is 0 Å². The molecule has 35 heavy (non-hydrogen) atoms. The van der Waals surface area contributed by atoms with Crippen LogP contribution in [0.4, 0.5) is 0 Å². The maximum absolute atomic E-state index is 12.6. The van der Waals surface area contributed by atoms with Gasteiger partial charge in [0.25, 0.3) is 11.8 Å². The van der Waals surface area contributed by atoms with E-state index in [1.165, 1.54) is 18.4 Å². The molecule has 1 aliphatic rings. The molecule has 0 radical (unpaired) electrons. The monoisotopic (exact) mass is 467 g/mol. The summed E-state index contributed by atoms with van der Waals surface area (Å²) in [4.78, 5) is 28.5. The Morgan fingerprint density at radius 2 is 1.69 bits per heavy atom. The topological polar surface area (TPSA) is 94.2 Å². The number of aliphatic hydroxyl groups is 1. The van der Waals surface area contributed by atoms with Gasteiger partial charge in [-0.25, -0.2) is 0 Å². The molecule has 1 aliphatic carbocycles. The van der Waals surface area contributed by atoms with Gasteiger partial charge >= 0.3 is 0 Å². The smallest absolute Gasteiger partial charge is 0.267 e. The molecular weight excluding hydrogens is 438 g/mol. The number of benzene rings is 3. The molecule has 0 unspecified atom stereocenters. The number of fused-ring (bicyclic) bond motifs is 1. The van der Waals surface area contributed by atoms with E-state index in [0.29, 0.717) is 36.7 Å². The maximum atomic E-state index is 12.6. The first-order valence-corrected chi connectivity index (χ1v) is 12.1. The van der Waals surface area contributed by atoms with Crippen LogP contribution in [-0.2, 0) is 6.54 Å². The average molecular weight is 468 g/mol.